The van der Waals surface area contributed by atoms with E-state index in [1.165, 1.54) is 0 Å². The van der Waals surface area contributed by atoms with E-state index in [-0.39, 0.29) is 12.4 Å². The van der Waals surface area contributed by atoms with E-state index >= 15 is 0 Å². The normalized spacial score (nSPS) is 12.8. The zero-order valence-electron chi connectivity index (χ0n) is 7.70. The van der Waals surface area contributed by atoms with Crippen LogP contribution in [0.5, 0.6) is 0 Å². The molecule has 0 amide bonds. The molecule has 0 aromatic heterocycles. The molecule has 0 fully saturated rings. The molecule has 1 atom stereocenters. The van der Waals surface area contributed by atoms with Crippen molar-refractivity contribution in [3.8, 4) is 0 Å². The van der Waals surface area contributed by atoms with Crippen molar-refractivity contribution in [1.29, 1.82) is 5.41 Å². The van der Waals surface area contributed by atoms with Crippen LogP contribution in [-0.4, -0.2) is 40.3 Å². The molecule has 1 unspecified atom stereocenters. The molecular weight excluding hydrogens is 188 g/mol. The highest BCUT2D eigenvalue weighted by Gasteiger charge is 2.00. The highest BCUT2D eigenvalue weighted by molar-refractivity contribution is 7.99. The maximum atomic E-state index is 8.98. The van der Waals surface area contributed by atoms with E-state index in [1.54, 1.807) is 11.8 Å². The summed E-state index contributed by atoms with van der Waals surface area (Å²) in [7, 11) is 0. The van der Waals surface area contributed by atoms with Crippen molar-refractivity contribution < 1.29 is 10.2 Å². The number of hydrogen-bond donors (Lipinski definition) is 4. The van der Waals surface area contributed by atoms with Gasteiger partial charge in [-0.2, -0.15) is 11.8 Å². The van der Waals surface area contributed by atoms with Crippen molar-refractivity contribution in [3.05, 3.63) is 0 Å². The molecule has 5 N–H and O–H groups in total. The highest BCUT2D eigenvalue weighted by atomic mass is 32.2. The zero-order valence-corrected chi connectivity index (χ0v) is 8.52. The van der Waals surface area contributed by atoms with Crippen molar-refractivity contribution in [2.24, 2.45) is 5.73 Å². The number of unbranched alkanes of at least 4 members (excludes halogenated alkanes) is 1. The first kappa shape index (κ1) is 12.7. The highest BCUT2D eigenvalue weighted by Crippen LogP contribution is 2.07. The first-order valence-electron chi connectivity index (χ1n) is 4.36. The third kappa shape index (κ3) is 9.66. The van der Waals surface area contributed by atoms with E-state index in [1.807, 2.05) is 0 Å². The van der Waals surface area contributed by atoms with Crippen LogP contribution in [0.4, 0.5) is 0 Å². The minimum Gasteiger partial charge on any atom is -0.394 e. The van der Waals surface area contributed by atoms with Gasteiger partial charge in [-0.05, 0) is 18.6 Å². The lowest BCUT2D eigenvalue weighted by atomic mass is 10.2. The Morgan fingerprint density at radius 3 is 2.69 bits per heavy atom. The van der Waals surface area contributed by atoms with Gasteiger partial charge in [-0.1, -0.05) is 0 Å². The summed E-state index contributed by atoms with van der Waals surface area (Å²) < 4.78 is 0. The lowest BCUT2D eigenvalue weighted by Gasteiger charge is -2.05. The fourth-order valence-corrected chi connectivity index (χ4v) is 1.74. The minimum atomic E-state index is -0.599. The topological polar surface area (TPSA) is 90.3 Å². The van der Waals surface area contributed by atoms with Crippen LogP contribution < -0.4 is 5.73 Å². The second kappa shape index (κ2) is 8.34. The summed E-state index contributed by atoms with van der Waals surface area (Å²) in [5.74, 6) is 1.77. The van der Waals surface area contributed by atoms with Crippen LogP contribution in [0.3, 0.4) is 0 Å². The fraction of sp³-hybridized carbons (Fsp3) is 0.875. The first-order chi connectivity index (χ1) is 6.16. The molecule has 13 heavy (non-hydrogen) atoms. The zero-order chi connectivity index (χ0) is 10.1. The van der Waals surface area contributed by atoms with Gasteiger partial charge in [0.15, 0.2) is 0 Å². The molecule has 0 radical (unpaired) electrons. The van der Waals surface area contributed by atoms with Crippen LogP contribution >= 0.6 is 11.8 Å². The molecule has 0 aromatic rings. The lowest BCUT2D eigenvalue weighted by molar-refractivity contribution is 0.113. The molecular formula is C8H18N2O2S. The number of nitrogens with one attached hydrogen (secondary N) is 1. The van der Waals surface area contributed by atoms with Gasteiger partial charge < -0.3 is 15.9 Å². The number of amidine groups is 1. The van der Waals surface area contributed by atoms with Crippen molar-refractivity contribution in [1.82, 2.24) is 0 Å². The number of thioether (sulfide) groups is 1. The lowest BCUT2D eigenvalue weighted by Crippen LogP contribution is -2.15. The SMILES string of the molecule is N=C(N)CCCCSCC(O)CO. The Labute approximate surface area is 83.0 Å². The smallest absolute Gasteiger partial charge is 0.0905 e. The van der Waals surface area contributed by atoms with Crippen molar-refractivity contribution >= 4 is 17.6 Å². The minimum absolute atomic E-state index is 0.166. The second-order valence-electron chi connectivity index (χ2n) is 2.89. The van der Waals surface area contributed by atoms with Gasteiger partial charge in [-0.3, -0.25) is 5.41 Å². The van der Waals surface area contributed by atoms with E-state index in [0.29, 0.717) is 12.2 Å². The summed E-state index contributed by atoms with van der Waals surface area (Å²) in [5.41, 5.74) is 5.18. The molecule has 0 heterocycles. The Morgan fingerprint density at radius 2 is 2.15 bits per heavy atom. The summed E-state index contributed by atoms with van der Waals surface area (Å²) >= 11 is 1.62. The molecule has 0 aliphatic carbocycles. The van der Waals surface area contributed by atoms with Crippen molar-refractivity contribution in [3.63, 3.8) is 0 Å². The van der Waals surface area contributed by atoms with Crippen LogP contribution in [0.1, 0.15) is 19.3 Å². The van der Waals surface area contributed by atoms with E-state index in [2.05, 4.69) is 0 Å². The third-order valence-electron chi connectivity index (χ3n) is 1.51. The molecule has 0 saturated heterocycles. The van der Waals surface area contributed by atoms with Crippen LogP contribution in [-0.2, 0) is 0 Å². The molecule has 0 saturated carbocycles. The third-order valence-corrected chi connectivity index (χ3v) is 2.70. The molecule has 0 spiro atoms. The number of hydrogen-bond acceptors (Lipinski definition) is 4. The average molecular weight is 206 g/mol. The molecule has 78 valence electrons. The predicted molar refractivity (Wildman–Crippen MR) is 56.2 cm³/mol. The predicted octanol–water partition coefficient (Wildman–Crippen LogP) is 0.179. The summed E-state index contributed by atoms with van der Waals surface area (Å²) in [6.07, 6.45) is 1.99. The summed E-state index contributed by atoms with van der Waals surface area (Å²) in [6.45, 7) is -0.166. The van der Waals surface area contributed by atoms with E-state index in [4.69, 9.17) is 21.4 Å². The first-order valence-corrected chi connectivity index (χ1v) is 5.52. The maximum absolute atomic E-state index is 8.98. The van der Waals surface area contributed by atoms with Crippen LogP contribution in [0.15, 0.2) is 0 Å². The number of nitrogens with two attached hydrogens (primary N) is 1. The quantitative estimate of drug-likeness (QED) is 0.259. The molecule has 0 rings (SSSR count). The monoisotopic (exact) mass is 206 g/mol. The van der Waals surface area contributed by atoms with Gasteiger partial charge in [-0.25, -0.2) is 0 Å². The van der Waals surface area contributed by atoms with Gasteiger partial charge >= 0.3 is 0 Å². The van der Waals surface area contributed by atoms with Crippen LogP contribution in [0.2, 0.25) is 0 Å². The Hall–Kier alpha value is -0.260. The van der Waals surface area contributed by atoms with Gasteiger partial charge in [0.25, 0.3) is 0 Å². The van der Waals surface area contributed by atoms with E-state index in [9.17, 15) is 0 Å². The Morgan fingerprint density at radius 1 is 1.46 bits per heavy atom. The Balaban J connectivity index is 3.04. The van der Waals surface area contributed by atoms with E-state index < -0.39 is 6.10 Å². The van der Waals surface area contributed by atoms with Gasteiger partial charge in [-0.15, -0.1) is 0 Å². The molecule has 0 bridgehead atoms. The maximum Gasteiger partial charge on any atom is 0.0905 e. The van der Waals surface area contributed by atoms with Crippen LogP contribution in [0, 0.1) is 5.41 Å². The van der Waals surface area contributed by atoms with Gasteiger partial charge in [0, 0.05) is 12.2 Å². The second-order valence-corrected chi connectivity index (χ2v) is 4.04. The van der Waals surface area contributed by atoms with Gasteiger partial charge in [0.05, 0.1) is 18.5 Å². The van der Waals surface area contributed by atoms with E-state index in [0.717, 1.165) is 18.6 Å². The molecule has 5 heteroatoms. The van der Waals surface area contributed by atoms with Crippen molar-refractivity contribution in [2.75, 3.05) is 18.1 Å². The number of rotatable bonds is 8. The molecule has 4 nitrogen and oxygen atoms in total. The number of aliphatic hydroxyl groups is 2. The largest absolute Gasteiger partial charge is 0.394 e. The standard InChI is InChI=1S/C8H18N2O2S/c9-8(10)3-1-2-4-13-6-7(12)5-11/h7,11-12H,1-6H2,(H3,9,10). The Bertz CT molecular complexity index is 144. The summed E-state index contributed by atoms with van der Waals surface area (Å²) in [5, 5.41) is 24.5. The van der Waals surface area contributed by atoms with Gasteiger partial charge in [0.2, 0.25) is 0 Å². The summed E-state index contributed by atoms with van der Waals surface area (Å²) in [4.78, 5) is 0. The van der Waals surface area contributed by atoms with Crippen molar-refractivity contribution in [2.45, 2.75) is 25.4 Å². The average Bonchev–Trinajstić information content (AvgIpc) is 2.10. The number of aliphatic hydroxyl groups excluding tert-OH is 2. The molecule has 0 aromatic carbocycles. The van der Waals surface area contributed by atoms with Gasteiger partial charge in [0.1, 0.15) is 0 Å². The van der Waals surface area contributed by atoms with Crippen LogP contribution in [0.25, 0.3) is 0 Å². The summed E-state index contributed by atoms with van der Waals surface area (Å²) in [6, 6.07) is 0. The fourth-order valence-electron chi connectivity index (χ4n) is 0.792. The Kier molecular flexibility index (Phi) is 8.18. The molecule has 0 aliphatic rings. The molecule has 0 aliphatic heterocycles.